The Morgan fingerprint density at radius 2 is 1.57 bits per heavy atom. The zero-order valence-corrected chi connectivity index (χ0v) is 12.5. The highest BCUT2D eigenvalue weighted by Gasteiger charge is 2.35. The van der Waals surface area contributed by atoms with Crippen LogP contribution in [0.2, 0.25) is 0 Å². The summed E-state index contributed by atoms with van der Waals surface area (Å²) in [6, 6.07) is 0.555. The number of nitrogens with zero attached hydrogens (tertiary/aromatic N) is 3. The third-order valence-corrected chi connectivity index (χ3v) is 5.13. The van der Waals surface area contributed by atoms with Crippen LogP contribution in [0, 0.1) is 5.92 Å². The molecule has 1 unspecified atom stereocenters. The van der Waals surface area contributed by atoms with Gasteiger partial charge in [0.25, 0.3) is 0 Å². The summed E-state index contributed by atoms with van der Waals surface area (Å²) in [5.74, 6) is -1.16. The lowest BCUT2D eigenvalue weighted by molar-refractivity contribution is -0.143. The van der Waals surface area contributed by atoms with Gasteiger partial charge >= 0.3 is 12.0 Å². The van der Waals surface area contributed by atoms with Gasteiger partial charge in [0.15, 0.2) is 0 Å². The first-order chi connectivity index (χ1) is 10.1. The summed E-state index contributed by atoms with van der Waals surface area (Å²) in [7, 11) is 0. The molecule has 3 aliphatic heterocycles. The van der Waals surface area contributed by atoms with Crippen molar-refractivity contribution < 1.29 is 14.7 Å². The SMILES string of the molecule is O=C(O)[C@H]1CCCN(C(=O)N2CCC(N3CCCC3)C2)C1. The highest BCUT2D eigenvalue weighted by atomic mass is 16.4. The van der Waals surface area contributed by atoms with Crippen LogP contribution in [0.5, 0.6) is 0 Å². The van der Waals surface area contributed by atoms with E-state index in [2.05, 4.69) is 4.90 Å². The molecule has 0 spiro atoms. The van der Waals surface area contributed by atoms with E-state index in [0.29, 0.717) is 25.6 Å². The van der Waals surface area contributed by atoms with E-state index in [-0.39, 0.29) is 11.9 Å². The molecule has 2 amide bonds. The van der Waals surface area contributed by atoms with Gasteiger partial charge in [0.2, 0.25) is 0 Å². The van der Waals surface area contributed by atoms with Crippen molar-refractivity contribution in [1.82, 2.24) is 14.7 Å². The fourth-order valence-electron chi connectivity index (χ4n) is 3.87. The number of urea groups is 1. The lowest BCUT2D eigenvalue weighted by Gasteiger charge is -2.34. The molecule has 3 fully saturated rings. The largest absolute Gasteiger partial charge is 0.481 e. The molecular formula is C15H25N3O3. The molecule has 6 nitrogen and oxygen atoms in total. The van der Waals surface area contributed by atoms with E-state index in [1.54, 1.807) is 4.90 Å². The number of carbonyl (C=O) groups excluding carboxylic acids is 1. The molecule has 3 rings (SSSR count). The molecule has 0 aromatic heterocycles. The quantitative estimate of drug-likeness (QED) is 0.828. The predicted octanol–water partition coefficient (Wildman–Crippen LogP) is 1.07. The molecular weight excluding hydrogens is 270 g/mol. The Kier molecular flexibility index (Phi) is 4.33. The van der Waals surface area contributed by atoms with E-state index in [1.807, 2.05) is 4.90 Å². The Morgan fingerprint density at radius 3 is 2.29 bits per heavy atom. The minimum absolute atomic E-state index is 0.0441. The van der Waals surface area contributed by atoms with E-state index in [4.69, 9.17) is 5.11 Å². The van der Waals surface area contributed by atoms with Crippen LogP contribution in [-0.4, -0.2) is 77.1 Å². The van der Waals surface area contributed by atoms with Gasteiger partial charge in [-0.1, -0.05) is 0 Å². The van der Waals surface area contributed by atoms with Gasteiger partial charge in [0.1, 0.15) is 0 Å². The van der Waals surface area contributed by atoms with Crippen LogP contribution >= 0.6 is 0 Å². The fraction of sp³-hybridized carbons (Fsp3) is 0.867. The fourth-order valence-corrected chi connectivity index (χ4v) is 3.87. The van der Waals surface area contributed by atoms with Crippen molar-refractivity contribution >= 4 is 12.0 Å². The Labute approximate surface area is 125 Å². The molecule has 0 saturated carbocycles. The van der Waals surface area contributed by atoms with Crippen LogP contribution in [0.1, 0.15) is 32.1 Å². The summed E-state index contributed by atoms with van der Waals surface area (Å²) in [5.41, 5.74) is 0. The Morgan fingerprint density at radius 1 is 0.857 bits per heavy atom. The number of likely N-dealkylation sites (tertiary alicyclic amines) is 3. The molecule has 6 heteroatoms. The van der Waals surface area contributed by atoms with Gasteiger partial charge in [-0.2, -0.15) is 0 Å². The number of aliphatic carboxylic acids is 1. The minimum atomic E-state index is -0.774. The summed E-state index contributed by atoms with van der Waals surface area (Å²) in [4.78, 5) is 29.9. The number of carbonyl (C=O) groups is 2. The standard InChI is InChI=1S/C15H25N3O3/c19-14(20)12-4-3-8-17(10-12)15(21)18-9-5-13(11-18)16-6-1-2-7-16/h12-13H,1-11H2,(H,19,20)/t12-,13?/m0/s1. The first-order valence-corrected chi connectivity index (χ1v) is 8.16. The van der Waals surface area contributed by atoms with Gasteiger partial charge in [-0.05, 0) is 45.2 Å². The first kappa shape index (κ1) is 14.6. The summed E-state index contributed by atoms with van der Waals surface area (Å²) < 4.78 is 0. The first-order valence-electron chi connectivity index (χ1n) is 8.16. The number of carboxylic acid groups (broad SMARTS) is 1. The lowest BCUT2D eigenvalue weighted by Crippen LogP contribution is -2.48. The number of amides is 2. The van der Waals surface area contributed by atoms with E-state index >= 15 is 0 Å². The Balaban J connectivity index is 1.54. The zero-order valence-electron chi connectivity index (χ0n) is 12.5. The number of hydrogen-bond donors (Lipinski definition) is 1. The van der Waals surface area contributed by atoms with E-state index in [9.17, 15) is 9.59 Å². The van der Waals surface area contributed by atoms with E-state index in [0.717, 1.165) is 39.0 Å². The third kappa shape index (κ3) is 3.15. The van der Waals surface area contributed by atoms with Crippen molar-refractivity contribution in [3.05, 3.63) is 0 Å². The van der Waals surface area contributed by atoms with Crippen LogP contribution in [0.15, 0.2) is 0 Å². The molecule has 1 N–H and O–H groups in total. The van der Waals surface area contributed by atoms with Crippen LogP contribution in [0.4, 0.5) is 4.79 Å². The summed E-state index contributed by atoms with van der Waals surface area (Å²) in [5, 5.41) is 9.13. The van der Waals surface area contributed by atoms with Gasteiger partial charge in [-0.3, -0.25) is 9.69 Å². The number of hydrogen-bond acceptors (Lipinski definition) is 3. The second kappa shape index (κ2) is 6.22. The van der Waals surface area contributed by atoms with Crippen molar-refractivity contribution in [2.45, 2.75) is 38.1 Å². The Hall–Kier alpha value is -1.30. The normalized spacial score (nSPS) is 30.9. The summed E-state index contributed by atoms with van der Waals surface area (Å²) >= 11 is 0. The van der Waals surface area contributed by atoms with E-state index < -0.39 is 5.97 Å². The lowest BCUT2D eigenvalue weighted by atomic mass is 9.99. The molecule has 3 aliphatic rings. The van der Waals surface area contributed by atoms with Crippen molar-refractivity contribution in [2.24, 2.45) is 5.92 Å². The van der Waals surface area contributed by atoms with Crippen molar-refractivity contribution in [3.8, 4) is 0 Å². The molecule has 0 aromatic rings. The highest BCUT2D eigenvalue weighted by Crippen LogP contribution is 2.23. The summed E-state index contributed by atoms with van der Waals surface area (Å²) in [6.45, 7) is 5.03. The third-order valence-electron chi connectivity index (χ3n) is 5.13. The predicted molar refractivity (Wildman–Crippen MR) is 78.1 cm³/mol. The van der Waals surface area contributed by atoms with Gasteiger partial charge in [-0.15, -0.1) is 0 Å². The molecule has 0 bridgehead atoms. The number of piperidine rings is 1. The number of carboxylic acids is 1. The Bertz CT molecular complexity index is 409. The smallest absolute Gasteiger partial charge is 0.320 e. The van der Waals surface area contributed by atoms with Crippen LogP contribution in [0.3, 0.4) is 0 Å². The molecule has 0 aliphatic carbocycles. The molecule has 3 heterocycles. The van der Waals surface area contributed by atoms with Crippen molar-refractivity contribution in [3.63, 3.8) is 0 Å². The molecule has 3 saturated heterocycles. The van der Waals surface area contributed by atoms with Crippen LogP contribution in [0.25, 0.3) is 0 Å². The maximum Gasteiger partial charge on any atom is 0.320 e. The maximum absolute atomic E-state index is 12.6. The van der Waals surface area contributed by atoms with Gasteiger partial charge in [0.05, 0.1) is 5.92 Å². The maximum atomic E-state index is 12.6. The molecule has 0 radical (unpaired) electrons. The molecule has 2 atom stereocenters. The van der Waals surface area contributed by atoms with Crippen molar-refractivity contribution in [2.75, 3.05) is 39.3 Å². The van der Waals surface area contributed by atoms with Crippen molar-refractivity contribution in [1.29, 1.82) is 0 Å². The topological polar surface area (TPSA) is 64.1 Å². The van der Waals surface area contributed by atoms with Gasteiger partial charge < -0.3 is 14.9 Å². The average Bonchev–Trinajstić information content (AvgIpc) is 3.17. The zero-order chi connectivity index (χ0) is 14.8. The molecule has 21 heavy (non-hydrogen) atoms. The molecule has 118 valence electrons. The minimum Gasteiger partial charge on any atom is -0.481 e. The van der Waals surface area contributed by atoms with E-state index in [1.165, 1.54) is 12.8 Å². The monoisotopic (exact) mass is 295 g/mol. The van der Waals surface area contributed by atoms with Gasteiger partial charge in [0, 0.05) is 32.2 Å². The molecule has 0 aromatic carbocycles. The van der Waals surface area contributed by atoms with Crippen LogP contribution in [-0.2, 0) is 4.79 Å². The number of rotatable bonds is 2. The summed E-state index contributed by atoms with van der Waals surface area (Å²) in [6.07, 6.45) is 5.09. The average molecular weight is 295 g/mol. The van der Waals surface area contributed by atoms with Crippen LogP contribution < -0.4 is 0 Å². The second-order valence-corrected chi connectivity index (χ2v) is 6.54. The van der Waals surface area contributed by atoms with Gasteiger partial charge in [-0.25, -0.2) is 4.79 Å². The second-order valence-electron chi connectivity index (χ2n) is 6.54. The highest BCUT2D eigenvalue weighted by molar-refractivity contribution is 5.77.